The molecule has 3 rings (SSSR count). The van der Waals surface area contributed by atoms with Gasteiger partial charge in [-0.1, -0.05) is 19.8 Å². The molecule has 0 aliphatic heterocycles. The van der Waals surface area contributed by atoms with E-state index in [1.807, 2.05) is 0 Å². The first-order chi connectivity index (χ1) is 9.69. The van der Waals surface area contributed by atoms with Gasteiger partial charge in [0.25, 0.3) is 0 Å². The highest BCUT2D eigenvalue weighted by molar-refractivity contribution is 7.71. The van der Waals surface area contributed by atoms with Crippen LogP contribution in [0.3, 0.4) is 0 Å². The molecule has 0 spiro atoms. The first-order valence-electron chi connectivity index (χ1n) is 7.58. The molecule has 0 amide bonds. The molecule has 1 aromatic carbocycles. The van der Waals surface area contributed by atoms with Gasteiger partial charge >= 0.3 is 0 Å². The van der Waals surface area contributed by atoms with Gasteiger partial charge in [0, 0.05) is 6.04 Å². The Hall–Kier alpha value is -1.16. The van der Waals surface area contributed by atoms with Gasteiger partial charge in [-0.25, -0.2) is 4.39 Å². The number of H-pyrrole nitrogens is 1. The van der Waals surface area contributed by atoms with Crippen LogP contribution in [-0.4, -0.2) is 9.55 Å². The van der Waals surface area contributed by atoms with Gasteiger partial charge in [-0.3, -0.25) is 0 Å². The maximum Gasteiger partial charge on any atom is 0.178 e. The lowest BCUT2D eigenvalue weighted by Gasteiger charge is -2.29. The van der Waals surface area contributed by atoms with Crippen molar-refractivity contribution in [1.29, 1.82) is 0 Å². The maximum atomic E-state index is 13.5. The monoisotopic (exact) mass is 292 g/mol. The van der Waals surface area contributed by atoms with Gasteiger partial charge in [0.2, 0.25) is 0 Å². The van der Waals surface area contributed by atoms with E-state index in [-0.39, 0.29) is 5.82 Å². The smallest absolute Gasteiger partial charge is 0.178 e. The van der Waals surface area contributed by atoms with Gasteiger partial charge in [0.05, 0.1) is 11.0 Å². The molecular formula is C16H21FN2S. The lowest BCUT2D eigenvalue weighted by Crippen LogP contribution is -2.18. The quantitative estimate of drug-likeness (QED) is 0.754. The Morgan fingerprint density at radius 1 is 1.30 bits per heavy atom. The van der Waals surface area contributed by atoms with Crippen molar-refractivity contribution in [2.24, 2.45) is 5.92 Å². The van der Waals surface area contributed by atoms with Crippen molar-refractivity contribution in [3.63, 3.8) is 0 Å². The number of aromatic amines is 1. The van der Waals surface area contributed by atoms with Crippen molar-refractivity contribution >= 4 is 23.3 Å². The molecule has 2 aromatic rings. The number of aromatic nitrogens is 2. The van der Waals surface area contributed by atoms with Crippen molar-refractivity contribution in [2.75, 3.05) is 0 Å². The van der Waals surface area contributed by atoms with Crippen LogP contribution in [0.4, 0.5) is 4.39 Å². The van der Waals surface area contributed by atoms with Crippen LogP contribution in [0.5, 0.6) is 0 Å². The van der Waals surface area contributed by atoms with E-state index in [9.17, 15) is 4.39 Å². The molecule has 0 saturated heterocycles. The predicted molar refractivity (Wildman–Crippen MR) is 83.0 cm³/mol. The summed E-state index contributed by atoms with van der Waals surface area (Å²) in [6.45, 7) is 2.25. The van der Waals surface area contributed by atoms with Crippen LogP contribution in [-0.2, 0) is 0 Å². The molecule has 1 aromatic heterocycles. The second-order valence-corrected chi connectivity index (χ2v) is 6.31. The summed E-state index contributed by atoms with van der Waals surface area (Å²) in [4.78, 5) is 3.20. The molecule has 1 heterocycles. The third-order valence-electron chi connectivity index (χ3n) is 4.56. The summed E-state index contributed by atoms with van der Waals surface area (Å²) in [6.07, 6.45) is 7.45. The molecular weight excluding hydrogens is 271 g/mol. The third-order valence-corrected chi connectivity index (χ3v) is 4.86. The minimum Gasteiger partial charge on any atom is -0.331 e. The number of rotatable bonds is 3. The van der Waals surface area contributed by atoms with E-state index in [2.05, 4.69) is 16.5 Å². The number of fused-ring (bicyclic) bond motifs is 1. The average Bonchev–Trinajstić information content (AvgIpc) is 2.76. The third kappa shape index (κ3) is 2.53. The van der Waals surface area contributed by atoms with Crippen LogP contribution < -0.4 is 0 Å². The van der Waals surface area contributed by atoms with Gasteiger partial charge in [0.1, 0.15) is 5.82 Å². The van der Waals surface area contributed by atoms with Crippen LogP contribution in [0.1, 0.15) is 51.5 Å². The lowest BCUT2D eigenvalue weighted by atomic mass is 9.83. The van der Waals surface area contributed by atoms with E-state index in [0.29, 0.717) is 6.04 Å². The Morgan fingerprint density at radius 2 is 2.05 bits per heavy atom. The molecule has 0 radical (unpaired) electrons. The summed E-state index contributed by atoms with van der Waals surface area (Å²) in [5.74, 6) is 0.673. The second-order valence-electron chi connectivity index (χ2n) is 5.92. The molecule has 2 nitrogen and oxygen atoms in total. The molecule has 4 heteroatoms. The Labute approximate surface area is 124 Å². The maximum absolute atomic E-state index is 13.5. The van der Waals surface area contributed by atoms with Gasteiger partial charge in [0.15, 0.2) is 4.77 Å². The summed E-state index contributed by atoms with van der Waals surface area (Å²) in [7, 11) is 0. The zero-order chi connectivity index (χ0) is 14.1. The summed E-state index contributed by atoms with van der Waals surface area (Å²) >= 11 is 5.44. The van der Waals surface area contributed by atoms with Crippen molar-refractivity contribution in [3.8, 4) is 0 Å². The highest BCUT2D eigenvalue weighted by Crippen LogP contribution is 2.36. The fourth-order valence-electron chi connectivity index (χ4n) is 3.56. The molecule has 1 aliphatic carbocycles. The highest BCUT2D eigenvalue weighted by Gasteiger charge is 2.23. The van der Waals surface area contributed by atoms with Crippen LogP contribution in [0.15, 0.2) is 18.2 Å². The largest absolute Gasteiger partial charge is 0.331 e. The van der Waals surface area contributed by atoms with Crippen molar-refractivity contribution in [2.45, 2.75) is 51.5 Å². The highest BCUT2D eigenvalue weighted by atomic mass is 32.1. The second kappa shape index (κ2) is 5.68. The number of benzene rings is 1. The Bertz CT molecular complexity index is 650. The SMILES string of the molecule is CCCC1CCC(n2c(=S)[nH]c3ccc(F)cc32)CC1. The molecule has 1 fully saturated rings. The topological polar surface area (TPSA) is 20.7 Å². The van der Waals surface area contributed by atoms with Crippen molar-refractivity contribution < 1.29 is 4.39 Å². The number of nitrogens with zero attached hydrogens (tertiary/aromatic N) is 1. The van der Waals surface area contributed by atoms with Gasteiger partial charge < -0.3 is 9.55 Å². The van der Waals surface area contributed by atoms with E-state index < -0.39 is 0 Å². The van der Waals surface area contributed by atoms with Gasteiger partial charge in [-0.15, -0.1) is 0 Å². The average molecular weight is 292 g/mol. The summed E-state index contributed by atoms with van der Waals surface area (Å²) in [6, 6.07) is 5.28. The Morgan fingerprint density at radius 3 is 2.75 bits per heavy atom. The van der Waals surface area contributed by atoms with Crippen molar-refractivity contribution in [3.05, 3.63) is 28.8 Å². The first-order valence-corrected chi connectivity index (χ1v) is 7.99. The standard InChI is InChI=1S/C16H21FN2S/c1-2-3-11-4-7-13(8-5-11)19-15-10-12(17)6-9-14(15)18-16(19)20/h6,9-11,13H,2-5,7-8H2,1H3,(H,18,20). The summed E-state index contributed by atoms with van der Waals surface area (Å²) < 4.78 is 16.4. The van der Waals surface area contributed by atoms with E-state index in [1.54, 1.807) is 12.1 Å². The number of hydrogen-bond acceptors (Lipinski definition) is 1. The fourth-order valence-corrected chi connectivity index (χ4v) is 3.91. The number of nitrogens with one attached hydrogen (secondary N) is 1. The Kier molecular flexibility index (Phi) is 3.92. The van der Waals surface area contributed by atoms with Gasteiger partial charge in [-0.2, -0.15) is 0 Å². The minimum absolute atomic E-state index is 0.195. The molecule has 0 unspecified atom stereocenters. The Balaban J connectivity index is 1.89. The van der Waals surface area contributed by atoms with E-state index >= 15 is 0 Å². The van der Waals surface area contributed by atoms with E-state index in [0.717, 1.165) is 34.6 Å². The van der Waals surface area contributed by atoms with Crippen LogP contribution in [0.25, 0.3) is 11.0 Å². The normalized spacial score (nSPS) is 23.3. The van der Waals surface area contributed by atoms with Crippen LogP contribution >= 0.6 is 12.2 Å². The number of halogens is 1. The van der Waals surface area contributed by atoms with E-state index in [1.165, 1.54) is 31.7 Å². The molecule has 1 saturated carbocycles. The zero-order valence-electron chi connectivity index (χ0n) is 11.9. The summed E-state index contributed by atoms with van der Waals surface area (Å²) in [5.41, 5.74) is 1.85. The van der Waals surface area contributed by atoms with E-state index in [4.69, 9.17) is 12.2 Å². The van der Waals surface area contributed by atoms with Crippen LogP contribution in [0.2, 0.25) is 0 Å². The fraction of sp³-hybridized carbons (Fsp3) is 0.562. The lowest BCUT2D eigenvalue weighted by molar-refractivity contribution is 0.264. The van der Waals surface area contributed by atoms with Crippen LogP contribution in [0, 0.1) is 16.5 Å². The minimum atomic E-state index is -0.195. The molecule has 20 heavy (non-hydrogen) atoms. The molecule has 1 aliphatic rings. The zero-order valence-corrected chi connectivity index (χ0v) is 12.7. The summed E-state index contributed by atoms with van der Waals surface area (Å²) in [5, 5.41) is 0. The predicted octanol–water partition coefficient (Wildman–Crippen LogP) is 5.37. The molecule has 0 bridgehead atoms. The molecule has 0 atom stereocenters. The van der Waals surface area contributed by atoms with Gasteiger partial charge in [-0.05, 0) is 62.0 Å². The van der Waals surface area contributed by atoms with Crippen molar-refractivity contribution in [1.82, 2.24) is 9.55 Å². The number of imidazole rings is 1. The number of hydrogen-bond donors (Lipinski definition) is 1. The molecule has 1 N–H and O–H groups in total. The first kappa shape index (κ1) is 13.8. The molecule has 108 valence electrons.